The first-order valence-electron chi connectivity index (χ1n) is 8.71. The number of benzene rings is 1. The Balaban J connectivity index is 2.12. The molecule has 3 N–H and O–H groups in total. The van der Waals surface area contributed by atoms with Crippen molar-refractivity contribution in [2.45, 2.75) is 40.7 Å². The number of ether oxygens (including phenoxy) is 1. The van der Waals surface area contributed by atoms with E-state index in [9.17, 15) is 9.90 Å². The van der Waals surface area contributed by atoms with Crippen molar-refractivity contribution in [3.63, 3.8) is 0 Å². The fraction of sp³-hybridized carbons (Fsp3) is 0.400. The van der Waals surface area contributed by atoms with Gasteiger partial charge < -0.3 is 20.0 Å². The number of furan rings is 1. The van der Waals surface area contributed by atoms with E-state index in [0.717, 1.165) is 16.1 Å². The maximum Gasteiger partial charge on any atom is 0.252 e. The molecule has 0 aliphatic rings. The van der Waals surface area contributed by atoms with Crippen LogP contribution in [0.5, 0.6) is 5.75 Å². The Labute approximate surface area is 162 Å². The summed E-state index contributed by atoms with van der Waals surface area (Å²) >= 11 is 1.54. The van der Waals surface area contributed by atoms with Crippen molar-refractivity contribution in [3.05, 3.63) is 45.1 Å². The Morgan fingerprint density at radius 3 is 2.70 bits per heavy atom. The average Bonchev–Trinajstić information content (AvgIpc) is 3.16. The zero-order valence-corrected chi connectivity index (χ0v) is 16.8. The molecule has 0 spiro atoms. The van der Waals surface area contributed by atoms with E-state index in [-0.39, 0.29) is 6.61 Å². The molecule has 0 fully saturated rings. The summed E-state index contributed by atoms with van der Waals surface area (Å²) in [5, 5.41) is 10.4. The summed E-state index contributed by atoms with van der Waals surface area (Å²) in [6.45, 7) is 7.97. The van der Waals surface area contributed by atoms with Gasteiger partial charge in [0.15, 0.2) is 0 Å². The number of aliphatic hydroxyl groups excluding tert-OH is 1. The van der Waals surface area contributed by atoms with Crippen LogP contribution in [0.1, 0.15) is 46.1 Å². The molecule has 0 atom stereocenters. The van der Waals surface area contributed by atoms with Crippen LogP contribution in [0.2, 0.25) is 0 Å². The smallest absolute Gasteiger partial charge is 0.252 e. The van der Waals surface area contributed by atoms with Gasteiger partial charge in [0.05, 0.1) is 21.6 Å². The minimum atomic E-state index is -0.537. The standard InChI is InChI=1S/C20H24N2O4S/c1-11-16(27-10-22-11)8-25-14-5-6-15-18(13(14)7-20(3,4)9-23)17(19(21)24)12(2)26-15/h5-6,10,23H,7-9H2,1-4H3,(H2,21,24). The van der Waals surface area contributed by atoms with Crippen LogP contribution in [-0.2, 0) is 13.0 Å². The lowest BCUT2D eigenvalue weighted by Crippen LogP contribution is -2.21. The number of carbonyl (C=O) groups excluding carboxylic acids is 1. The van der Waals surface area contributed by atoms with Crippen LogP contribution in [-0.4, -0.2) is 22.6 Å². The van der Waals surface area contributed by atoms with Gasteiger partial charge in [-0.3, -0.25) is 4.79 Å². The summed E-state index contributed by atoms with van der Waals surface area (Å²) in [5.74, 6) is 0.598. The van der Waals surface area contributed by atoms with E-state index < -0.39 is 11.3 Å². The van der Waals surface area contributed by atoms with Crippen molar-refractivity contribution in [1.82, 2.24) is 4.98 Å². The molecular formula is C20H24N2O4S. The Bertz CT molecular complexity index is 987. The van der Waals surface area contributed by atoms with Crippen LogP contribution >= 0.6 is 11.3 Å². The van der Waals surface area contributed by atoms with E-state index >= 15 is 0 Å². The molecule has 0 unspecified atom stereocenters. The quantitative estimate of drug-likeness (QED) is 0.642. The topological polar surface area (TPSA) is 98.6 Å². The van der Waals surface area contributed by atoms with E-state index in [1.807, 2.05) is 26.8 Å². The lowest BCUT2D eigenvalue weighted by molar-refractivity contribution is 0.1000. The third kappa shape index (κ3) is 3.84. The molecule has 0 bridgehead atoms. The van der Waals surface area contributed by atoms with Crippen molar-refractivity contribution < 1.29 is 19.1 Å². The number of fused-ring (bicyclic) bond motifs is 1. The first kappa shape index (κ1) is 19.4. The molecule has 0 radical (unpaired) electrons. The van der Waals surface area contributed by atoms with E-state index in [2.05, 4.69) is 4.98 Å². The van der Waals surface area contributed by atoms with Crippen LogP contribution in [0.3, 0.4) is 0 Å². The lowest BCUT2D eigenvalue weighted by Gasteiger charge is -2.24. The maximum atomic E-state index is 12.1. The summed E-state index contributed by atoms with van der Waals surface area (Å²) in [6, 6.07) is 3.63. The van der Waals surface area contributed by atoms with Crippen LogP contribution < -0.4 is 10.5 Å². The van der Waals surface area contributed by atoms with Gasteiger partial charge in [-0.15, -0.1) is 11.3 Å². The van der Waals surface area contributed by atoms with Crippen molar-refractivity contribution in [2.75, 3.05) is 6.61 Å². The van der Waals surface area contributed by atoms with Crippen LogP contribution in [0.25, 0.3) is 11.0 Å². The van der Waals surface area contributed by atoms with Crippen LogP contribution in [0.15, 0.2) is 22.1 Å². The molecule has 0 aliphatic heterocycles. The number of primary amides is 1. The van der Waals surface area contributed by atoms with Crippen molar-refractivity contribution in [2.24, 2.45) is 11.1 Å². The van der Waals surface area contributed by atoms with Gasteiger partial charge in [-0.2, -0.15) is 0 Å². The largest absolute Gasteiger partial charge is 0.488 e. The SMILES string of the molecule is Cc1ncsc1COc1ccc2oc(C)c(C(N)=O)c2c1CC(C)(C)CO. The lowest BCUT2D eigenvalue weighted by atomic mass is 9.84. The molecule has 144 valence electrons. The van der Waals surface area contributed by atoms with Crippen LogP contribution in [0.4, 0.5) is 0 Å². The van der Waals surface area contributed by atoms with Crippen molar-refractivity contribution >= 4 is 28.2 Å². The molecule has 1 aromatic carbocycles. The summed E-state index contributed by atoms with van der Waals surface area (Å²) in [4.78, 5) is 17.3. The van der Waals surface area contributed by atoms with E-state index in [1.165, 1.54) is 11.3 Å². The fourth-order valence-corrected chi connectivity index (χ4v) is 3.80. The van der Waals surface area contributed by atoms with Gasteiger partial charge in [-0.05, 0) is 37.8 Å². The third-order valence-corrected chi connectivity index (χ3v) is 5.54. The number of hydrogen-bond acceptors (Lipinski definition) is 6. The average molecular weight is 388 g/mol. The monoisotopic (exact) mass is 388 g/mol. The van der Waals surface area contributed by atoms with Gasteiger partial charge in [0.2, 0.25) is 0 Å². The highest BCUT2D eigenvalue weighted by Crippen LogP contribution is 2.38. The number of thiazole rings is 1. The molecule has 27 heavy (non-hydrogen) atoms. The number of amides is 1. The Morgan fingerprint density at radius 2 is 2.11 bits per heavy atom. The fourth-order valence-electron chi connectivity index (χ4n) is 3.11. The number of nitrogens with zero attached hydrogens (tertiary/aromatic N) is 1. The molecule has 1 amide bonds. The van der Waals surface area contributed by atoms with Gasteiger partial charge in [-0.25, -0.2) is 4.98 Å². The van der Waals surface area contributed by atoms with Crippen molar-refractivity contribution in [1.29, 1.82) is 0 Å². The Hall–Kier alpha value is -2.38. The minimum Gasteiger partial charge on any atom is -0.488 e. The van der Waals surface area contributed by atoms with Gasteiger partial charge in [-0.1, -0.05) is 13.8 Å². The molecule has 6 nitrogen and oxygen atoms in total. The summed E-state index contributed by atoms with van der Waals surface area (Å²) in [6.07, 6.45) is 0.511. The number of rotatable bonds is 7. The van der Waals surface area contributed by atoms with E-state index in [4.69, 9.17) is 14.9 Å². The molecule has 0 aliphatic carbocycles. The predicted octanol–water partition coefficient (Wildman–Crippen LogP) is 3.75. The second-order valence-electron chi connectivity index (χ2n) is 7.46. The summed E-state index contributed by atoms with van der Waals surface area (Å²) in [5.41, 5.74) is 9.73. The molecular weight excluding hydrogens is 364 g/mol. The minimum absolute atomic E-state index is 0.000477. The van der Waals surface area contributed by atoms with Gasteiger partial charge in [0.1, 0.15) is 23.7 Å². The molecule has 2 aromatic heterocycles. The number of aryl methyl sites for hydroxylation is 2. The highest BCUT2D eigenvalue weighted by Gasteiger charge is 2.26. The summed E-state index contributed by atoms with van der Waals surface area (Å²) in [7, 11) is 0. The first-order valence-corrected chi connectivity index (χ1v) is 9.59. The Morgan fingerprint density at radius 1 is 1.37 bits per heavy atom. The molecule has 3 rings (SSSR count). The number of nitrogens with two attached hydrogens (primary N) is 1. The second kappa shape index (κ2) is 7.32. The van der Waals surface area contributed by atoms with E-state index in [0.29, 0.717) is 41.1 Å². The molecule has 7 heteroatoms. The summed E-state index contributed by atoms with van der Waals surface area (Å²) < 4.78 is 11.8. The second-order valence-corrected chi connectivity index (χ2v) is 8.40. The molecule has 2 heterocycles. The first-order chi connectivity index (χ1) is 12.7. The maximum absolute atomic E-state index is 12.1. The number of hydrogen-bond donors (Lipinski definition) is 2. The number of aliphatic hydroxyl groups is 1. The zero-order valence-electron chi connectivity index (χ0n) is 16.0. The zero-order chi connectivity index (χ0) is 19.8. The van der Waals surface area contributed by atoms with Gasteiger partial charge in [0, 0.05) is 17.6 Å². The molecule has 3 aromatic rings. The molecule has 0 saturated heterocycles. The number of carbonyl (C=O) groups is 1. The highest BCUT2D eigenvalue weighted by molar-refractivity contribution is 7.09. The Kier molecular flexibility index (Phi) is 5.26. The third-order valence-electron chi connectivity index (χ3n) is 4.63. The highest BCUT2D eigenvalue weighted by atomic mass is 32.1. The normalized spacial score (nSPS) is 11.9. The predicted molar refractivity (Wildman–Crippen MR) is 105 cm³/mol. The van der Waals surface area contributed by atoms with Gasteiger partial charge in [0.25, 0.3) is 5.91 Å². The molecule has 0 saturated carbocycles. The number of aromatic nitrogens is 1. The van der Waals surface area contributed by atoms with E-state index in [1.54, 1.807) is 18.5 Å². The van der Waals surface area contributed by atoms with Gasteiger partial charge >= 0.3 is 0 Å². The van der Waals surface area contributed by atoms with Crippen molar-refractivity contribution in [3.8, 4) is 5.75 Å². The van der Waals surface area contributed by atoms with Crippen LogP contribution in [0, 0.1) is 19.3 Å².